The third kappa shape index (κ3) is 4.10. The Morgan fingerprint density at radius 2 is 2.07 bits per heavy atom. The van der Waals surface area contributed by atoms with Crippen LogP contribution in [0.1, 0.15) is 35.0 Å². The fourth-order valence-electron chi connectivity index (χ4n) is 3.79. The number of nitrogens with one attached hydrogen (secondary N) is 1. The van der Waals surface area contributed by atoms with Gasteiger partial charge in [-0.2, -0.15) is 0 Å². The van der Waals surface area contributed by atoms with Gasteiger partial charge in [-0.1, -0.05) is 0 Å². The fraction of sp³-hybridized carbons (Fsp3) is 0.429. The van der Waals surface area contributed by atoms with Gasteiger partial charge in [-0.15, -0.1) is 11.3 Å². The fourth-order valence-corrected chi connectivity index (χ4v) is 4.70. The highest BCUT2D eigenvalue weighted by Crippen LogP contribution is 2.42. The molecule has 1 N–H and O–H groups in total. The van der Waals surface area contributed by atoms with Gasteiger partial charge in [0.25, 0.3) is 0 Å². The smallest absolute Gasteiger partial charge is 0.234 e. The summed E-state index contributed by atoms with van der Waals surface area (Å²) in [4.78, 5) is 27.3. The minimum atomic E-state index is -0.325. The van der Waals surface area contributed by atoms with E-state index >= 15 is 0 Å². The largest absolute Gasteiger partial charge is 0.487 e. The normalized spacial score (nSPS) is 18.7. The van der Waals surface area contributed by atoms with E-state index in [4.69, 9.17) is 4.74 Å². The predicted molar refractivity (Wildman–Crippen MR) is 107 cm³/mol. The van der Waals surface area contributed by atoms with Crippen molar-refractivity contribution in [2.75, 3.05) is 26.2 Å². The third-order valence-electron chi connectivity index (χ3n) is 5.17. The van der Waals surface area contributed by atoms with E-state index in [-0.39, 0.29) is 23.6 Å². The van der Waals surface area contributed by atoms with Crippen molar-refractivity contribution in [1.82, 2.24) is 10.2 Å². The van der Waals surface area contributed by atoms with Crippen LogP contribution in [-0.2, 0) is 11.2 Å². The number of ketones is 1. The number of fused-ring (bicyclic) bond motifs is 1. The van der Waals surface area contributed by atoms with Crippen LogP contribution < -0.4 is 10.1 Å². The van der Waals surface area contributed by atoms with Crippen LogP contribution in [0.15, 0.2) is 24.3 Å². The molecular weight excluding hydrogens is 379 g/mol. The second kappa shape index (κ2) is 8.01. The molecule has 4 rings (SSSR count). The topological polar surface area (TPSA) is 58.6 Å². The van der Waals surface area contributed by atoms with Crippen LogP contribution in [0.25, 0.3) is 10.4 Å². The van der Waals surface area contributed by atoms with Gasteiger partial charge in [-0.25, -0.2) is 4.39 Å². The van der Waals surface area contributed by atoms with Gasteiger partial charge in [-0.05, 0) is 57.1 Å². The summed E-state index contributed by atoms with van der Waals surface area (Å²) in [7, 11) is 0. The number of carbonyl (C=O) groups is 2. The zero-order valence-corrected chi connectivity index (χ0v) is 16.6. The first-order valence-corrected chi connectivity index (χ1v) is 10.4. The van der Waals surface area contributed by atoms with Crippen LogP contribution in [0.3, 0.4) is 0 Å². The van der Waals surface area contributed by atoms with Crippen LogP contribution in [0.5, 0.6) is 5.75 Å². The Kier molecular flexibility index (Phi) is 5.46. The van der Waals surface area contributed by atoms with Crippen LogP contribution in [0, 0.1) is 5.82 Å². The molecule has 1 amide bonds. The van der Waals surface area contributed by atoms with E-state index in [0.717, 1.165) is 36.4 Å². The van der Waals surface area contributed by atoms with Crippen molar-refractivity contribution >= 4 is 23.0 Å². The number of nitrogens with zero attached hydrogens (tertiary/aromatic N) is 1. The van der Waals surface area contributed by atoms with E-state index in [1.54, 1.807) is 6.07 Å². The molecule has 0 saturated carbocycles. The van der Waals surface area contributed by atoms with E-state index in [1.807, 2.05) is 6.07 Å². The quantitative estimate of drug-likeness (QED) is 0.754. The van der Waals surface area contributed by atoms with Gasteiger partial charge in [0.05, 0.1) is 18.0 Å². The Balaban J connectivity index is 1.43. The summed E-state index contributed by atoms with van der Waals surface area (Å²) in [6, 6.07) is 6.52. The van der Waals surface area contributed by atoms with Gasteiger partial charge in [0.1, 0.15) is 17.7 Å². The average molecular weight is 402 g/mol. The van der Waals surface area contributed by atoms with Crippen LogP contribution in [0.4, 0.5) is 4.39 Å². The summed E-state index contributed by atoms with van der Waals surface area (Å²) in [5.41, 5.74) is 1.46. The molecule has 2 aromatic rings. The molecule has 1 unspecified atom stereocenters. The summed E-state index contributed by atoms with van der Waals surface area (Å²) < 4.78 is 20.2. The van der Waals surface area contributed by atoms with Crippen LogP contribution in [-0.4, -0.2) is 48.9 Å². The van der Waals surface area contributed by atoms with Crippen molar-refractivity contribution in [3.05, 3.63) is 40.5 Å². The standard InChI is InChI=1S/C21H23FN2O3S/c1-13(25)18-4-5-19(28-18)17-10-15(22)8-14-9-16(27-21(14)17)11-23-20(26)12-24-6-2-3-7-24/h4-5,8,10,16H,2-3,6-7,9,11-12H2,1H3,(H,23,26). The summed E-state index contributed by atoms with van der Waals surface area (Å²) in [6.45, 7) is 4.28. The number of benzene rings is 1. The van der Waals surface area contributed by atoms with E-state index in [0.29, 0.717) is 35.7 Å². The molecule has 1 atom stereocenters. The molecule has 2 aliphatic heterocycles. The van der Waals surface area contributed by atoms with Crippen molar-refractivity contribution in [3.8, 4) is 16.2 Å². The Labute approximate surface area is 167 Å². The van der Waals surface area contributed by atoms with E-state index in [2.05, 4.69) is 10.2 Å². The minimum Gasteiger partial charge on any atom is -0.487 e. The highest BCUT2D eigenvalue weighted by atomic mass is 32.1. The second-order valence-electron chi connectivity index (χ2n) is 7.39. The van der Waals surface area contributed by atoms with Gasteiger partial charge in [0.15, 0.2) is 5.78 Å². The van der Waals surface area contributed by atoms with Gasteiger partial charge in [0, 0.05) is 22.4 Å². The molecule has 1 saturated heterocycles. The predicted octanol–water partition coefficient (Wildman–Crippen LogP) is 3.27. The number of rotatable bonds is 6. The molecule has 1 aromatic carbocycles. The number of thiophene rings is 1. The van der Waals surface area contributed by atoms with E-state index in [1.165, 1.54) is 30.4 Å². The number of ether oxygens (including phenoxy) is 1. The lowest BCUT2D eigenvalue weighted by Crippen LogP contribution is -2.40. The second-order valence-corrected chi connectivity index (χ2v) is 8.48. The van der Waals surface area contributed by atoms with E-state index < -0.39 is 0 Å². The highest BCUT2D eigenvalue weighted by Gasteiger charge is 2.28. The first kappa shape index (κ1) is 19.1. The number of likely N-dealkylation sites (tertiary alicyclic amines) is 1. The summed E-state index contributed by atoms with van der Waals surface area (Å²) >= 11 is 1.33. The maximum absolute atomic E-state index is 14.1. The molecular formula is C21H23FN2O3S. The van der Waals surface area contributed by atoms with Crippen molar-refractivity contribution in [2.45, 2.75) is 32.3 Å². The number of amides is 1. The van der Waals surface area contributed by atoms with Gasteiger partial charge < -0.3 is 10.1 Å². The first-order valence-electron chi connectivity index (χ1n) is 9.59. The summed E-state index contributed by atoms with van der Waals surface area (Å²) in [6.07, 6.45) is 2.63. The Morgan fingerprint density at radius 1 is 1.29 bits per heavy atom. The number of hydrogen-bond acceptors (Lipinski definition) is 5. The maximum Gasteiger partial charge on any atom is 0.234 e. The minimum absolute atomic E-state index is 0.00258. The van der Waals surface area contributed by atoms with Crippen LogP contribution in [0.2, 0.25) is 0 Å². The SMILES string of the molecule is CC(=O)c1ccc(-c2cc(F)cc3c2OC(CNC(=O)CN2CCCC2)C3)s1. The Hall–Kier alpha value is -2.25. The maximum atomic E-state index is 14.1. The number of hydrogen-bond donors (Lipinski definition) is 1. The van der Waals surface area contributed by atoms with Gasteiger partial charge >= 0.3 is 0 Å². The van der Waals surface area contributed by atoms with Crippen molar-refractivity contribution in [3.63, 3.8) is 0 Å². The molecule has 2 aliphatic rings. The lowest BCUT2D eigenvalue weighted by molar-refractivity contribution is -0.122. The third-order valence-corrected chi connectivity index (χ3v) is 6.39. The van der Waals surface area contributed by atoms with Crippen molar-refractivity contribution in [1.29, 1.82) is 0 Å². The molecule has 7 heteroatoms. The monoisotopic (exact) mass is 402 g/mol. The zero-order chi connectivity index (χ0) is 19.7. The molecule has 0 bridgehead atoms. The summed E-state index contributed by atoms with van der Waals surface area (Å²) in [5, 5.41) is 2.94. The van der Waals surface area contributed by atoms with E-state index in [9.17, 15) is 14.0 Å². The lowest BCUT2D eigenvalue weighted by atomic mass is 10.0. The molecule has 5 nitrogen and oxygen atoms in total. The number of Topliss-reactive ketones (excluding diaryl/α,β-unsaturated/α-hetero) is 1. The van der Waals surface area contributed by atoms with Gasteiger partial charge in [-0.3, -0.25) is 14.5 Å². The van der Waals surface area contributed by atoms with Crippen molar-refractivity contribution in [2.24, 2.45) is 0 Å². The number of carbonyl (C=O) groups excluding carboxylic acids is 2. The van der Waals surface area contributed by atoms with Gasteiger partial charge in [0.2, 0.25) is 5.91 Å². The molecule has 0 radical (unpaired) electrons. The molecule has 0 spiro atoms. The van der Waals surface area contributed by atoms with Crippen LogP contribution >= 0.6 is 11.3 Å². The van der Waals surface area contributed by atoms with Crippen molar-refractivity contribution < 1.29 is 18.7 Å². The number of halogens is 1. The highest BCUT2D eigenvalue weighted by molar-refractivity contribution is 7.17. The molecule has 148 valence electrons. The first-order chi connectivity index (χ1) is 13.5. The molecule has 0 aliphatic carbocycles. The molecule has 1 aromatic heterocycles. The molecule has 1 fully saturated rings. The lowest BCUT2D eigenvalue weighted by Gasteiger charge is -2.16. The summed E-state index contributed by atoms with van der Waals surface area (Å²) in [5.74, 6) is 0.312. The average Bonchev–Trinajstić information content (AvgIpc) is 3.39. The molecule has 3 heterocycles. The Morgan fingerprint density at radius 3 is 2.79 bits per heavy atom. The zero-order valence-electron chi connectivity index (χ0n) is 15.8. The Bertz CT molecular complexity index is 905. The molecule has 28 heavy (non-hydrogen) atoms.